The third kappa shape index (κ3) is 4.06. The van der Waals surface area contributed by atoms with Crippen molar-refractivity contribution in [3.05, 3.63) is 62.5 Å². The fraction of sp³-hybridized carbons (Fsp3) is 0.263. The zero-order chi connectivity index (χ0) is 17.9. The lowest BCUT2D eigenvalue weighted by Gasteiger charge is -2.27. The van der Waals surface area contributed by atoms with Crippen molar-refractivity contribution >= 4 is 38.9 Å². The van der Waals surface area contributed by atoms with Gasteiger partial charge in [0.15, 0.2) is 0 Å². The van der Waals surface area contributed by atoms with Crippen molar-refractivity contribution in [2.45, 2.75) is 19.5 Å². The number of nitrogens with zero attached hydrogens (tertiary/aromatic N) is 3. The summed E-state index contributed by atoms with van der Waals surface area (Å²) in [6.45, 7) is 2.89. The van der Waals surface area contributed by atoms with Gasteiger partial charge in [0.25, 0.3) is 0 Å². The van der Waals surface area contributed by atoms with Gasteiger partial charge >= 0.3 is 0 Å². The quantitative estimate of drug-likeness (QED) is 0.640. The molecule has 134 valence electrons. The van der Waals surface area contributed by atoms with Crippen molar-refractivity contribution < 1.29 is 4.74 Å². The van der Waals surface area contributed by atoms with Crippen LogP contribution in [-0.4, -0.2) is 28.5 Å². The number of anilines is 2. The van der Waals surface area contributed by atoms with Gasteiger partial charge < -0.3 is 10.1 Å². The standard InChI is InChI=1S/C19H19BrN4OS/c1-25-15-4-2-14(3-5-15)22-19-21-10-13-11-24(9-8-17(13)23-19)12-16-6-7-18(20)26-16/h2-7,10H,8-9,11-12H2,1H3,(H,21,22,23). The normalized spacial score (nSPS) is 14.1. The van der Waals surface area contributed by atoms with Crippen LogP contribution in [-0.2, 0) is 19.5 Å². The average Bonchev–Trinajstić information content (AvgIpc) is 3.07. The second-order valence-electron chi connectivity index (χ2n) is 6.19. The molecular weight excluding hydrogens is 412 g/mol. The summed E-state index contributed by atoms with van der Waals surface area (Å²) in [5.41, 5.74) is 3.30. The summed E-state index contributed by atoms with van der Waals surface area (Å²) in [6, 6.07) is 12.1. The van der Waals surface area contributed by atoms with Crippen LogP contribution in [0.5, 0.6) is 5.75 Å². The fourth-order valence-corrected chi connectivity index (χ4v) is 4.56. The molecule has 0 saturated carbocycles. The first-order valence-corrected chi connectivity index (χ1v) is 10.0. The molecule has 1 N–H and O–H groups in total. The minimum atomic E-state index is 0.643. The van der Waals surface area contributed by atoms with Crippen LogP contribution in [0.3, 0.4) is 0 Å². The number of benzene rings is 1. The largest absolute Gasteiger partial charge is 0.497 e. The number of hydrogen-bond acceptors (Lipinski definition) is 6. The van der Waals surface area contributed by atoms with E-state index in [1.165, 1.54) is 14.2 Å². The maximum atomic E-state index is 5.18. The van der Waals surface area contributed by atoms with Crippen molar-refractivity contribution in [3.8, 4) is 5.75 Å². The van der Waals surface area contributed by atoms with Crippen LogP contribution >= 0.6 is 27.3 Å². The summed E-state index contributed by atoms with van der Waals surface area (Å²) in [7, 11) is 1.66. The highest BCUT2D eigenvalue weighted by Crippen LogP contribution is 2.26. The number of aromatic nitrogens is 2. The highest BCUT2D eigenvalue weighted by atomic mass is 79.9. The van der Waals surface area contributed by atoms with Crippen molar-refractivity contribution in [1.29, 1.82) is 0 Å². The summed E-state index contributed by atoms with van der Waals surface area (Å²) < 4.78 is 6.37. The number of ether oxygens (including phenoxy) is 1. The molecule has 0 aliphatic carbocycles. The lowest BCUT2D eigenvalue weighted by molar-refractivity contribution is 0.245. The molecule has 3 heterocycles. The van der Waals surface area contributed by atoms with Gasteiger partial charge in [-0.25, -0.2) is 9.97 Å². The molecule has 0 radical (unpaired) electrons. The molecular formula is C19H19BrN4OS. The van der Waals surface area contributed by atoms with Gasteiger partial charge in [-0.05, 0) is 52.3 Å². The molecule has 2 aromatic heterocycles. The van der Waals surface area contributed by atoms with Crippen molar-refractivity contribution in [1.82, 2.24) is 14.9 Å². The van der Waals surface area contributed by atoms with Crippen molar-refractivity contribution in [2.24, 2.45) is 0 Å². The molecule has 0 saturated heterocycles. The van der Waals surface area contributed by atoms with E-state index in [4.69, 9.17) is 9.72 Å². The van der Waals surface area contributed by atoms with Crippen LogP contribution in [0.25, 0.3) is 0 Å². The second kappa shape index (κ2) is 7.73. The Morgan fingerprint density at radius 1 is 1.23 bits per heavy atom. The number of rotatable bonds is 5. The maximum Gasteiger partial charge on any atom is 0.227 e. The summed E-state index contributed by atoms with van der Waals surface area (Å²) in [4.78, 5) is 13.0. The number of nitrogens with one attached hydrogen (secondary N) is 1. The van der Waals surface area contributed by atoms with E-state index in [0.29, 0.717) is 5.95 Å². The molecule has 0 fully saturated rings. The first kappa shape index (κ1) is 17.5. The fourth-order valence-electron chi connectivity index (χ4n) is 3.03. The van der Waals surface area contributed by atoms with E-state index < -0.39 is 0 Å². The molecule has 1 aromatic carbocycles. The van der Waals surface area contributed by atoms with Crippen molar-refractivity contribution in [3.63, 3.8) is 0 Å². The predicted molar refractivity (Wildman–Crippen MR) is 108 cm³/mol. The van der Waals surface area contributed by atoms with Crippen LogP contribution in [0.2, 0.25) is 0 Å². The first-order valence-electron chi connectivity index (χ1n) is 8.42. The monoisotopic (exact) mass is 430 g/mol. The van der Waals surface area contributed by atoms with E-state index >= 15 is 0 Å². The first-order chi connectivity index (χ1) is 12.7. The summed E-state index contributed by atoms with van der Waals surface area (Å²) in [6.07, 6.45) is 2.90. The Kier molecular flexibility index (Phi) is 5.19. The number of halogens is 1. The Hall–Kier alpha value is -1.96. The third-order valence-corrected chi connectivity index (χ3v) is 5.98. The van der Waals surface area contributed by atoms with Gasteiger partial charge in [0.05, 0.1) is 16.6 Å². The predicted octanol–water partition coefficient (Wildman–Crippen LogP) is 4.61. The Balaban J connectivity index is 1.43. The number of thiophene rings is 1. The van der Waals surface area contributed by atoms with Gasteiger partial charge in [0.2, 0.25) is 5.95 Å². The molecule has 0 atom stereocenters. The van der Waals surface area contributed by atoms with Gasteiger partial charge in [-0.3, -0.25) is 4.90 Å². The molecule has 0 spiro atoms. The minimum absolute atomic E-state index is 0.643. The summed E-state index contributed by atoms with van der Waals surface area (Å²) >= 11 is 5.33. The summed E-state index contributed by atoms with van der Waals surface area (Å²) in [5.74, 6) is 1.48. The number of fused-ring (bicyclic) bond motifs is 1. The Morgan fingerprint density at radius 2 is 2.08 bits per heavy atom. The number of methoxy groups -OCH3 is 1. The SMILES string of the molecule is COc1ccc(Nc2ncc3c(n2)CCN(Cc2ccc(Br)s2)C3)cc1. The van der Waals surface area contributed by atoms with E-state index in [-0.39, 0.29) is 0 Å². The van der Waals surface area contributed by atoms with Crippen LogP contribution in [0, 0.1) is 0 Å². The van der Waals surface area contributed by atoms with E-state index in [1.54, 1.807) is 18.4 Å². The zero-order valence-electron chi connectivity index (χ0n) is 14.4. The third-order valence-electron chi connectivity index (χ3n) is 4.37. The van der Waals surface area contributed by atoms with Gasteiger partial charge in [-0.2, -0.15) is 0 Å². The highest BCUT2D eigenvalue weighted by Gasteiger charge is 2.19. The molecule has 4 rings (SSSR count). The van der Waals surface area contributed by atoms with E-state index in [0.717, 1.165) is 43.2 Å². The second-order valence-corrected chi connectivity index (χ2v) is 8.73. The molecule has 1 aliphatic heterocycles. The van der Waals surface area contributed by atoms with Crippen LogP contribution in [0.4, 0.5) is 11.6 Å². The van der Waals surface area contributed by atoms with E-state index in [1.807, 2.05) is 30.5 Å². The molecule has 7 heteroatoms. The average molecular weight is 431 g/mol. The molecule has 3 aromatic rings. The van der Waals surface area contributed by atoms with Gasteiger partial charge in [0, 0.05) is 48.4 Å². The Labute approximate surface area is 165 Å². The molecule has 1 aliphatic rings. The Bertz CT molecular complexity index is 897. The lowest BCUT2D eigenvalue weighted by atomic mass is 10.1. The number of hydrogen-bond donors (Lipinski definition) is 1. The van der Waals surface area contributed by atoms with Crippen LogP contribution < -0.4 is 10.1 Å². The molecule has 26 heavy (non-hydrogen) atoms. The van der Waals surface area contributed by atoms with E-state index in [9.17, 15) is 0 Å². The van der Waals surface area contributed by atoms with E-state index in [2.05, 4.69) is 43.3 Å². The molecule has 0 amide bonds. The van der Waals surface area contributed by atoms with Crippen LogP contribution in [0.15, 0.2) is 46.4 Å². The molecule has 0 bridgehead atoms. The van der Waals surface area contributed by atoms with Crippen LogP contribution in [0.1, 0.15) is 16.1 Å². The molecule has 5 nitrogen and oxygen atoms in total. The van der Waals surface area contributed by atoms with Gasteiger partial charge in [-0.15, -0.1) is 11.3 Å². The zero-order valence-corrected chi connectivity index (χ0v) is 16.8. The van der Waals surface area contributed by atoms with Crippen molar-refractivity contribution in [2.75, 3.05) is 19.0 Å². The maximum absolute atomic E-state index is 5.18. The smallest absolute Gasteiger partial charge is 0.227 e. The minimum Gasteiger partial charge on any atom is -0.497 e. The Morgan fingerprint density at radius 3 is 2.81 bits per heavy atom. The van der Waals surface area contributed by atoms with Gasteiger partial charge in [-0.1, -0.05) is 0 Å². The summed E-state index contributed by atoms with van der Waals surface area (Å²) in [5, 5.41) is 3.26. The van der Waals surface area contributed by atoms with Gasteiger partial charge in [0.1, 0.15) is 5.75 Å². The molecule has 0 unspecified atom stereocenters. The lowest BCUT2D eigenvalue weighted by Crippen LogP contribution is -2.30. The highest BCUT2D eigenvalue weighted by molar-refractivity contribution is 9.11. The topological polar surface area (TPSA) is 50.3 Å².